The Labute approximate surface area is 115 Å². The Hall–Kier alpha value is -0.540. The van der Waals surface area contributed by atoms with Gasteiger partial charge in [-0.1, -0.05) is 32.4 Å². The number of nitrogens with one attached hydrogen (secondary N) is 1. The van der Waals surface area contributed by atoms with Crippen LogP contribution in [0.25, 0.3) is 0 Å². The molecule has 0 radical (unpaired) electrons. The summed E-state index contributed by atoms with van der Waals surface area (Å²) in [5, 5.41) is 8.93. The minimum absolute atomic E-state index is 0.143. The Kier molecular flexibility index (Phi) is 3.50. The average molecular weight is 270 g/mol. The van der Waals surface area contributed by atoms with Crippen LogP contribution in [0.15, 0.2) is 0 Å². The normalized spacial score (nSPS) is 24.8. The van der Waals surface area contributed by atoms with Gasteiger partial charge in [-0.05, 0) is 38.1 Å². The van der Waals surface area contributed by atoms with Gasteiger partial charge in [-0.2, -0.15) is 5.10 Å². The molecule has 102 valence electrons. The van der Waals surface area contributed by atoms with Gasteiger partial charge in [0.25, 0.3) is 0 Å². The second kappa shape index (κ2) is 4.53. The van der Waals surface area contributed by atoms with Crippen molar-refractivity contribution in [2.24, 2.45) is 12.5 Å². The Balaban J connectivity index is 2.36. The largest absolute Gasteiger partial charge is 0.310 e. The predicted molar refractivity (Wildman–Crippen MR) is 76.1 cm³/mol. The summed E-state index contributed by atoms with van der Waals surface area (Å²) in [5.74, 6) is 0. The lowest BCUT2D eigenvalue weighted by Crippen LogP contribution is -2.52. The van der Waals surface area contributed by atoms with Crippen molar-refractivity contribution >= 4 is 11.6 Å². The van der Waals surface area contributed by atoms with E-state index in [-0.39, 0.29) is 11.0 Å². The maximum Gasteiger partial charge on any atom is 0.130 e. The van der Waals surface area contributed by atoms with Crippen molar-refractivity contribution in [2.45, 2.75) is 52.5 Å². The van der Waals surface area contributed by atoms with Crippen LogP contribution in [0.4, 0.5) is 0 Å². The maximum absolute atomic E-state index is 6.38. The number of hydrogen-bond acceptors (Lipinski definition) is 2. The first kappa shape index (κ1) is 13.9. The highest BCUT2D eigenvalue weighted by molar-refractivity contribution is 6.30. The standard InChI is InChI=1S/C14H24ClN3/c1-10-11(12(15)18(5)17-10)9-14(13(2,3)4)7-6-8-16-14/h16H,6-9H2,1-5H3. The molecule has 0 saturated carbocycles. The van der Waals surface area contributed by atoms with Gasteiger partial charge in [0, 0.05) is 18.2 Å². The molecule has 1 atom stereocenters. The quantitative estimate of drug-likeness (QED) is 0.894. The summed E-state index contributed by atoms with van der Waals surface area (Å²) in [6.45, 7) is 10.1. The Bertz CT molecular complexity index is 437. The third kappa shape index (κ3) is 2.19. The number of aromatic nitrogens is 2. The van der Waals surface area contributed by atoms with E-state index in [0.717, 1.165) is 23.8 Å². The second-order valence-corrected chi connectivity index (χ2v) is 6.88. The fourth-order valence-corrected chi connectivity index (χ4v) is 3.28. The highest BCUT2D eigenvalue weighted by Gasteiger charge is 2.44. The number of aryl methyl sites for hydroxylation is 2. The molecular weight excluding hydrogens is 246 g/mol. The van der Waals surface area contributed by atoms with Crippen molar-refractivity contribution in [3.63, 3.8) is 0 Å². The van der Waals surface area contributed by atoms with Crippen molar-refractivity contribution < 1.29 is 0 Å². The van der Waals surface area contributed by atoms with Crippen molar-refractivity contribution in [3.8, 4) is 0 Å². The van der Waals surface area contributed by atoms with E-state index in [1.54, 1.807) is 4.68 Å². The van der Waals surface area contributed by atoms with E-state index in [4.69, 9.17) is 11.6 Å². The highest BCUT2D eigenvalue weighted by Crippen LogP contribution is 2.41. The van der Waals surface area contributed by atoms with E-state index in [9.17, 15) is 0 Å². The van der Waals surface area contributed by atoms with Crippen LogP contribution >= 0.6 is 11.6 Å². The molecule has 1 aliphatic heterocycles. The SMILES string of the molecule is Cc1nn(C)c(Cl)c1CC1(C(C)(C)C)CCCN1. The van der Waals surface area contributed by atoms with Gasteiger partial charge in [-0.25, -0.2) is 0 Å². The van der Waals surface area contributed by atoms with E-state index in [1.807, 2.05) is 14.0 Å². The Morgan fingerprint density at radius 2 is 2.11 bits per heavy atom. The summed E-state index contributed by atoms with van der Waals surface area (Å²) in [6, 6.07) is 0. The highest BCUT2D eigenvalue weighted by atomic mass is 35.5. The smallest absolute Gasteiger partial charge is 0.130 e. The van der Waals surface area contributed by atoms with Gasteiger partial charge in [0.1, 0.15) is 5.15 Å². The third-order valence-electron chi connectivity index (χ3n) is 4.43. The van der Waals surface area contributed by atoms with Crippen LogP contribution in [0.2, 0.25) is 5.15 Å². The molecule has 1 unspecified atom stereocenters. The van der Waals surface area contributed by atoms with Crippen LogP contribution in [-0.4, -0.2) is 21.9 Å². The molecule has 1 N–H and O–H groups in total. The summed E-state index contributed by atoms with van der Waals surface area (Å²) >= 11 is 6.38. The zero-order valence-electron chi connectivity index (χ0n) is 12.1. The van der Waals surface area contributed by atoms with Gasteiger partial charge < -0.3 is 5.32 Å². The fourth-order valence-electron chi connectivity index (χ4n) is 3.04. The van der Waals surface area contributed by atoms with Crippen molar-refractivity contribution in [1.29, 1.82) is 0 Å². The number of hydrogen-bond donors (Lipinski definition) is 1. The van der Waals surface area contributed by atoms with E-state index in [2.05, 4.69) is 31.2 Å². The number of nitrogens with zero attached hydrogens (tertiary/aromatic N) is 2. The van der Waals surface area contributed by atoms with E-state index >= 15 is 0 Å². The van der Waals surface area contributed by atoms with Crippen molar-refractivity contribution in [3.05, 3.63) is 16.4 Å². The van der Waals surface area contributed by atoms with Crippen LogP contribution in [0.1, 0.15) is 44.9 Å². The maximum atomic E-state index is 6.38. The van der Waals surface area contributed by atoms with E-state index in [0.29, 0.717) is 0 Å². The van der Waals surface area contributed by atoms with Crippen LogP contribution in [-0.2, 0) is 13.5 Å². The van der Waals surface area contributed by atoms with Gasteiger partial charge in [0.2, 0.25) is 0 Å². The lowest BCUT2D eigenvalue weighted by atomic mass is 9.69. The molecule has 0 aromatic carbocycles. The summed E-state index contributed by atoms with van der Waals surface area (Å²) in [6.07, 6.45) is 3.42. The molecule has 1 aromatic rings. The molecule has 0 aliphatic carbocycles. The number of rotatable bonds is 2. The lowest BCUT2D eigenvalue weighted by Gasteiger charge is -2.42. The van der Waals surface area contributed by atoms with Crippen LogP contribution < -0.4 is 5.32 Å². The first-order chi connectivity index (χ1) is 8.27. The average Bonchev–Trinajstić information content (AvgIpc) is 2.80. The summed E-state index contributed by atoms with van der Waals surface area (Å²) in [7, 11) is 1.91. The second-order valence-electron chi connectivity index (χ2n) is 6.52. The lowest BCUT2D eigenvalue weighted by molar-refractivity contribution is 0.159. The molecule has 0 bridgehead atoms. The molecule has 0 spiro atoms. The molecule has 1 aromatic heterocycles. The zero-order chi connectivity index (χ0) is 13.6. The van der Waals surface area contributed by atoms with Crippen LogP contribution in [0, 0.1) is 12.3 Å². The molecule has 2 heterocycles. The summed E-state index contributed by atoms with van der Waals surface area (Å²) in [5.41, 5.74) is 2.61. The molecule has 1 saturated heterocycles. The first-order valence-electron chi connectivity index (χ1n) is 6.70. The van der Waals surface area contributed by atoms with E-state index < -0.39 is 0 Å². The summed E-state index contributed by atoms with van der Waals surface area (Å²) < 4.78 is 1.78. The summed E-state index contributed by atoms with van der Waals surface area (Å²) in [4.78, 5) is 0. The van der Waals surface area contributed by atoms with Crippen molar-refractivity contribution in [2.75, 3.05) is 6.54 Å². The van der Waals surface area contributed by atoms with Crippen LogP contribution in [0.5, 0.6) is 0 Å². The topological polar surface area (TPSA) is 29.9 Å². The minimum Gasteiger partial charge on any atom is -0.310 e. The predicted octanol–water partition coefficient (Wildman–Crippen LogP) is 3.09. The zero-order valence-corrected chi connectivity index (χ0v) is 12.9. The van der Waals surface area contributed by atoms with E-state index in [1.165, 1.54) is 18.4 Å². The molecule has 2 rings (SSSR count). The van der Waals surface area contributed by atoms with Gasteiger partial charge in [-0.15, -0.1) is 0 Å². The fraction of sp³-hybridized carbons (Fsp3) is 0.786. The Morgan fingerprint density at radius 3 is 2.50 bits per heavy atom. The molecule has 1 fully saturated rings. The monoisotopic (exact) mass is 269 g/mol. The molecule has 1 aliphatic rings. The van der Waals surface area contributed by atoms with Gasteiger partial charge >= 0.3 is 0 Å². The molecule has 3 nitrogen and oxygen atoms in total. The minimum atomic E-state index is 0.143. The van der Waals surface area contributed by atoms with Gasteiger partial charge in [0.05, 0.1) is 5.69 Å². The van der Waals surface area contributed by atoms with Gasteiger partial charge in [-0.3, -0.25) is 4.68 Å². The van der Waals surface area contributed by atoms with Crippen LogP contribution in [0.3, 0.4) is 0 Å². The molecule has 4 heteroatoms. The third-order valence-corrected chi connectivity index (χ3v) is 4.90. The Morgan fingerprint density at radius 1 is 1.44 bits per heavy atom. The molecule has 0 amide bonds. The number of halogens is 1. The molecule has 18 heavy (non-hydrogen) atoms. The van der Waals surface area contributed by atoms with Gasteiger partial charge in [0.15, 0.2) is 0 Å². The molecular formula is C14H24ClN3. The first-order valence-corrected chi connectivity index (χ1v) is 7.08. The van der Waals surface area contributed by atoms with Crippen molar-refractivity contribution in [1.82, 2.24) is 15.1 Å².